The molecule has 6 nitrogen and oxygen atoms in total. The quantitative estimate of drug-likeness (QED) is 0.909. The van der Waals surface area contributed by atoms with Gasteiger partial charge in [0.15, 0.2) is 0 Å². The molecule has 110 valence electrons. The van der Waals surface area contributed by atoms with E-state index < -0.39 is 22.2 Å². The lowest BCUT2D eigenvalue weighted by molar-refractivity contribution is -0.142. The third-order valence-corrected chi connectivity index (χ3v) is 5.43. The minimum Gasteiger partial charge on any atom is -0.480 e. The molecule has 2 rings (SSSR count). The number of para-hydroxylation sites is 1. The molecular formula is C13H18N2O4S. The van der Waals surface area contributed by atoms with Gasteiger partial charge in [0.2, 0.25) is 0 Å². The standard InChI is InChI=1S/C13H18N2O4S/c1-14(11-7-3-2-4-8-11)20(18,19)15-10-6-5-9-12(15)13(16)17/h2-4,7-8,12H,5-6,9-10H2,1H3,(H,16,17)/t12-/m0/s1. The molecule has 1 aromatic carbocycles. The molecule has 0 unspecified atom stereocenters. The second-order valence-corrected chi connectivity index (χ2v) is 6.68. The molecule has 1 aromatic rings. The molecule has 0 bridgehead atoms. The molecule has 0 amide bonds. The number of carboxylic acids is 1. The van der Waals surface area contributed by atoms with Crippen molar-refractivity contribution in [3.05, 3.63) is 30.3 Å². The van der Waals surface area contributed by atoms with Gasteiger partial charge in [-0.1, -0.05) is 18.2 Å². The number of carboxylic acid groups (broad SMARTS) is 1. The Labute approximate surface area is 118 Å². The second kappa shape index (κ2) is 5.80. The smallest absolute Gasteiger partial charge is 0.322 e. The van der Waals surface area contributed by atoms with Crippen LogP contribution in [0.5, 0.6) is 0 Å². The lowest BCUT2D eigenvalue weighted by Gasteiger charge is -2.35. The number of aliphatic carboxylic acids is 1. The molecule has 1 atom stereocenters. The van der Waals surface area contributed by atoms with Crippen LogP contribution in [0.15, 0.2) is 30.3 Å². The molecule has 7 heteroatoms. The Morgan fingerprint density at radius 3 is 2.55 bits per heavy atom. The third kappa shape index (κ3) is 2.78. The van der Waals surface area contributed by atoms with Crippen molar-refractivity contribution in [2.45, 2.75) is 25.3 Å². The van der Waals surface area contributed by atoms with Crippen LogP contribution in [0.1, 0.15) is 19.3 Å². The number of rotatable bonds is 4. The summed E-state index contributed by atoms with van der Waals surface area (Å²) in [7, 11) is -2.38. The number of carbonyl (C=O) groups is 1. The first-order chi connectivity index (χ1) is 9.44. The summed E-state index contributed by atoms with van der Waals surface area (Å²) in [6.07, 6.45) is 1.78. The van der Waals surface area contributed by atoms with Gasteiger partial charge in [0.05, 0.1) is 5.69 Å². The molecule has 0 aromatic heterocycles. The fourth-order valence-electron chi connectivity index (χ4n) is 2.36. The first-order valence-corrected chi connectivity index (χ1v) is 7.88. The summed E-state index contributed by atoms with van der Waals surface area (Å²) in [5, 5.41) is 9.20. The lowest BCUT2D eigenvalue weighted by atomic mass is 10.1. The number of benzene rings is 1. The number of piperidine rings is 1. The molecule has 1 heterocycles. The van der Waals surface area contributed by atoms with Crippen LogP contribution in [0.4, 0.5) is 5.69 Å². The van der Waals surface area contributed by atoms with Crippen LogP contribution < -0.4 is 4.31 Å². The van der Waals surface area contributed by atoms with Crippen molar-refractivity contribution in [1.82, 2.24) is 4.31 Å². The zero-order valence-electron chi connectivity index (χ0n) is 11.3. The SMILES string of the molecule is CN(c1ccccc1)S(=O)(=O)N1CCCC[C@H]1C(=O)O. The molecule has 1 aliphatic rings. The fraction of sp³-hybridized carbons (Fsp3) is 0.462. The fourth-order valence-corrected chi connectivity index (χ4v) is 3.94. The van der Waals surface area contributed by atoms with E-state index in [4.69, 9.17) is 0 Å². The molecule has 1 fully saturated rings. The van der Waals surface area contributed by atoms with Gasteiger partial charge < -0.3 is 5.11 Å². The Kier molecular flexibility index (Phi) is 4.29. The van der Waals surface area contributed by atoms with Crippen LogP contribution in [0.25, 0.3) is 0 Å². The summed E-state index contributed by atoms with van der Waals surface area (Å²) < 4.78 is 27.4. The Morgan fingerprint density at radius 1 is 1.30 bits per heavy atom. The normalized spacial score (nSPS) is 20.6. The monoisotopic (exact) mass is 298 g/mol. The summed E-state index contributed by atoms with van der Waals surface area (Å²) in [6, 6.07) is 7.66. The van der Waals surface area contributed by atoms with E-state index in [1.54, 1.807) is 30.3 Å². The van der Waals surface area contributed by atoms with E-state index in [9.17, 15) is 18.3 Å². The average molecular weight is 298 g/mol. The summed E-state index contributed by atoms with van der Waals surface area (Å²) in [5.41, 5.74) is 0.516. The van der Waals surface area contributed by atoms with Gasteiger partial charge in [-0.15, -0.1) is 0 Å². The summed E-state index contributed by atoms with van der Waals surface area (Å²) in [6.45, 7) is 0.247. The van der Waals surface area contributed by atoms with Crippen LogP contribution >= 0.6 is 0 Å². The maximum atomic E-state index is 12.6. The molecule has 0 saturated carbocycles. The molecule has 1 N–H and O–H groups in total. The molecule has 1 aliphatic heterocycles. The van der Waals surface area contributed by atoms with Gasteiger partial charge in [0.25, 0.3) is 0 Å². The van der Waals surface area contributed by atoms with Gasteiger partial charge in [-0.05, 0) is 31.4 Å². The number of anilines is 1. The maximum Gasteiger partial charge on any atom is 0.322 e. The van der Waals surface area contributed by atoms with Gasteiger partial charge >= 0.3 is 16.2 Å². The summed E-state index contributed by atoms with van der Waals surface area (Å²) >= 11 is 0. The summed E-state index contributed by atoms with van der Waals surface area (Å²) in [4.78, 5) is 11.2. The van der Waals surface area contributed by atoms with Crippen LogP contribution in [0.3, 0.4) is 0 Å². The van der Waals surface area contributed by atoms with Crippen molar-refractivity contribution < 1.29 is 18.3 Å². The van der Waals surface area contributed by atoms with E-state index in [1.165, 1.54) is 7.05 Å². The van der Waals surface area contributed by atoms with Crippen molar-refractivity contribution in [2.24, 2.45) is 0 Å². The number of hydrogen-bond acceptors (Lipinski definition) is 3. The Hall–Kier alpha value is -1.60. The van der Waals surface area contributed by atoms with Gasteiger partial charge in [0.1, 0.15) is 6.04 Å². The minimum absolute atomic E-state index is 0.247. The van der Waals surface area contributed by atoms with Gasteiger partial charge in [-0.25, -0.2) is 0 Å². The predicted octanol–water partition coefficient (Wildman–Crippen LogP) is 1.31. The highest BCUT2D eigenvalue weighted by Crippen LogP contribution is 2.25. The average Bonchev–Trinajstić information content (AvgIpc) is 2.47. The molecule has 20 heavy (non-hydrogen) atoms. The van der Waals surface area contributed by atoms with E-state index in [0.717, 1.165) is 15.0 Å². The first kappa shape index (κ1) is 14.8. The minimum atomic E-state index is -3.82. The largest absolute Gasteiger partial charge is 0.480 e. The van der Waals surface area contributed by atoms with Gasteiger partial charge in [-0.2, -0.15) is 12.7 Å². The molecule has 1 saturated heterocycles. The topological polar surface area (TPSA) is 77.9 Å². The Balaban J connectivity index is 2.31. The van der Waals surface area contributed by atoms with Gasteiger partial charge in [0, 0.05) is 13.6 Å². The second-order valence-electron chi connectivity index (χ2n) is 4.77. The zero-order valence-corrected chi connectivity index (χ0v) is 12.1. The number of hydrogen-bond donors (Lipinski definition) is 1. The third-order valence-electron chi connectivity index (χ3n) is 3.50. The van der Waals surface area contributed by atoms with E-state index in [-0.39, 0.29) is 6.54 Å². The van der Waals surface area contributed by atoms with E-state index in [1.807, 2.05) is 0 Å². The summed E-state index contributed by atoms with van der Waals surface area (Å²) in [5.74, 6) is -1.09. The van der Waals surface area contributed by atoms with Crippen LogP contribution in [-0.4, -0.2) is 43.4 Å². The van der Waals surface area contributed by atoms with Gasteiger partial charge in [-0.3, -0.25) is 9.10 Å². The first-order valence-electron chi connectivity index (χ1n) is 6.48. The van der Waals surface area contributed by atoms with E-state index in [2.05, 4.69) is 0 Å². The van der Waals surface area contributed by atoms with Crippen molar-refractivity contribution in [3.63, 3.8) is 0 Å². The maximum absolute atomic E-state index is 12.6. The molecule has 0 radical (unpaired) electrons. The number of nitrogens with zero attached hydrogens (tertiary/aromatic N) is 2. The zero-order chi connectivity index (χ0) is 14.8. The molecular weight excluding hydrogens is 280 g/mol. The van der Waals surface area contributed by atoms with Crippen molar-refractivity contribution >= 4 is 21.9 Å². The van der Waals surface area contributed by atoms with Crippen molar-refractivity contribution in [1.29, 1.82) is 0 Å². The molecule has 0 aliphatic carbocycles. The van der Waals surface area contributed by atoms with Crippen LogP contribution in [0, 0.1) is 0 Å². The highest BCUT2D eigenvalue weighted by molar-refractivity contribution is 7.90. The predicted molar refractivity (Wildman–Crippen MR) is 75.7 cm³/mol. The lowest BCUT2D eigenvalue weighted by Crippen LogP contribution is -2.52. The van der Waals surface area contributed by atoms with Crippen LogP contribution in [0.2, 0.25) is 0 Å². The highest BCUT2D eigenvalue weighted by Gasteiger charge is 2.38. The van der Waals surface area contributed by atoms with E-state index in [0.29, 0.717) is 18.5 Å². The Morgan fingerprint density at radius 2 is 1.95 bits per heavy atom. The Bertz CT molecular complexity index is 573. The molecule has 0 spiro atoms. The van der Waals surface area contributed by atoms with Crippen molar-refractivity contribution in [2.75, 3.05) is 17.9 Å². The highest BCUT2D eigenvalue weighted by atomic mass is 32.2. The van der Waals surface area contributed by atoms with Crippen molar-refractivity contribution in [3.8, 4) is 0 Å². The van der Waals surface area contributed by atoms with Crippen LogP contribution in [-0.2, 0) is 15.0 Å². The van der Waals surface area contributed by atoms with E-state index >= 15 is 0 Å².